The first kappa shape index (κ1) is 9.27. The summed E-state index contributed by atoms with van der Waals surface area (Å²) in [4.78, 5) is 12.9. The Morgan fingerprint density at radius 3 is 2.64 bits per heavy atom. The van der Waals surface area contributed by atoms with E-state index in [1.807, 2.05) is 23.7 Å². The fourth-order valence-electron chi connectivity index (χ4n) is 1.74. The molecule has 0 N–H and O–H groups in total. The van der Waals surface area contributed by atoms with Gasteiger partial charge in [0.2, 0.25) is 0 Å². The summed E-state index contributed by atoms with van der Waals surface area (Å²) in [5.41, 5.74) is 0.714. The van der Waals surface area contributed by atoms with Crippen LogP contribution in [-0.2, 0) is 11.8 Å². The van der Waals surface area contributed by atoms with Gasteiger partial charge in [0.05, 0.1) is 18.9 Å². The minimum Gasteiger partial charge on any atom is -0.378 e. The molecule has 4 heteroatoms. The lowest BCUT2D eigenvalue weighted by molar-refractivity contribution is 0.111. The van der Waals surface area contributed by atoms with Gasteiger partial charge >= 0.3 is 0 Å². The van der Waals surface area contributed by atoms with E-state index in [0.29, 0.717) is 5.69 Å². The SMILES string of the molecule is Cn1c(C=O)ccc1N1CCOCC1. The van der Waals surface area contributed by atoms with Crippen molar-refractivity contribution in [1.82, 2.24) is 4.57 Å². The van der Waals surface area contributed by atoms with Crippen LogP contribution in [0.15, 0.2) is 12.1 Å². The smallest absolute Gasteiger partial charge is 0.166 e. The largest absolute Gasteiger partial charge is 0.378 e. The summed E-state index contributed by atoms with van der Waals surface area (Å²) >= 11 is 0. The van der Waals surface area contributed by atoms with Crippen LogP contribution < -0.4 is 4.90 Å². The number of aromatic nitrogens is 1. The minimum atomic E-state index is 0.714. The monoisotopic (exact) mass is 194 g/mol. The van der Waals surface area contributed by atoms with Crippen molar-refractivity contribution >= 4 is 12.1 Å². The summed E-state index contributed by atoms with van der Waals surface area (Å²) in [6, 6.07) is 3.83. The first-order chi connectivity index (χ1) is 6.83. The lowest BCUT2D eigenvalue weighted by atomic mass is 10.4. The molecule has 0 amide bonds. The van der Waals surface area contributed by atoms with Crippen LogP contribution in [0.25, 0.3) is 0 Å². The van der Waals surface area contributed by atoms with Crippen molar-refractivity contribution < 1.29 is 9.53 Å². The number of anilines is 1. The molecule has 0 bridgehead atoms. The van der Waals surface area contributed by atoms with Crippen molar-refractivity contribution in [3.63, 3.8) is 0 Å². The van der Waals surface area contributed by atoms with Crippen molar-refractivity contribution in [2.75, 3.05) is 31.2 Å². The summed E-state index contributed by atoms with van der Waals surface area (Å²) in [7, 11) is 1.91. The molecule has 1 aliphatic rings. The van der Waals surface area contributed by atoms with E-state index in [9.17, 15) is 4.79 Å². The molecule has 0 saturated carbocycles. The van der Waals surface area contributed by atoms with Crippen LogP contribution in [0, 0.1) is 0 Å². The molecule has 0 atom stereocenters. The van der Waals surface area contributed by atoms with Crippen LogP contribution in [0.2, 0.25) is 0 Å². The molecule has 1 saturated heterocycles. The van der Waals surface area contributed by atoms with Gasteiger partial charge in [-0.3, -0.25) is 4.79 Å². The van der Waals surface area contributed by atoms with Crippen molar-refractivity contribution in [3.05, 3.63) is 17.8 Å². The highest BCUT2D eigenvalue weighted by Gasteiger charge is 2.14. The summed E-state index contributed by atoms with van der Waals surface area (Å²) in [5.74, 6) is 1.09. The summed E-state index contributed by atoms with van der Waals surface area (Å²) in [6.45, 7) is 3.33. The number of carbonyl (C=O) groups is 1. The Morgan fingerprint density at radius 1 is 1.36 bits per heavy atom. The van der Waals surface area contributed by atoms with Gasteiger partial charge in [0.15, 0.2) is 6.29 Å². The van der Waals surface area contributed by atoms with Crippen molar-refractivity contribution in [2.45, 2.75) is 0 Å². The van der Waals surface area contributed by atoms with E-state index in [1.54, 1.807) is 0 Å². The zero-order chi connectivity index (χ0) is 9.97. The van der Waals surface area contributed by atoms with Gasteiger partial charge in [-0.25, -0.2) is 0 Å². The predicted molar refractivity (Wildman–Crippen MR) is 53.8 cm³/mol. The Kier molecular flexibility index (Phi) is 2.54. The lowest BCUT2D eigenvalue weighted by Gasteiger charge is -2.29. The highest BCUT2D eigenvalue weighted by atomic mass is 16.5. The van der Waals surface area contributed by atoms with Gasteiger partial charge in [-0.2, -0.15) is 0 Å². The van der Waals surface area contributed by atoms with E-state index < -0.39 is 0 Å². The van der Waals surface area contributed by atoms with E-state index in [1.165, 1.54) is 0 Å². The topological polar surface area (TPSA) is 34.5 Å². The van der Waals surface area contributed by atoms with Gasteiger partial charge in [-0.05, 0) is 12.1 Å². The molecule has 0 radical (unpaired) electrons. The number of nitrogens with zero attached hydrogens (tertiary/aromatic N) is 2. The number of ether oxygens (including phenoxy) is 1. The molecule has 0 spiro atoms. The molecule has 2 heterocycles. The van der Waals surface area contributed by atoms with Crippen LogP contribution in [0.5, 0.6) is 0 Å². The van der Waals surface area contributed by atoms with Crippen LogP contribution in [0.1, 0.15) is 10.5 Å². The number of morpholine rings is 1. The average Bonchev–Trinajstić information content (AvgIpc) is 2.61. The number of hydrogen-bond acceptors (Lipinski definition) is 3. The number of carbonyl (C=O) groups excluding carboxylic acids is 1. The summed E-state index contributed by atoms with van der Waals surface area (Å²) in [6.07, 6.45) is 0.879. The Labute approximate surface area is 83.1 Å². The molecule has 1 aromatic heterocycles. The average molecular weight is 194 g/mol. The fraction of sp³-hybridized carbons (Fsp3) is 0.500. The Balaban J connectivity index is 2.22. The van der Waals surface area contributed by atoms with Gasteiger partial charge in [0.1, 0.15) is 5.82 Å². The van der Waals surface area contributed by atoms with Gasteiger partial charge in [0, 0.05) is 20.1 Å². The third-order valence-corrected chi connectivity index (χ3v) is 2.59. The zero-order valence-electron chi connectivity index (χ0n) is 8.27. The summed E-state index contributed by atoms with van der Waals surface area (Å²) in [5, 5.41) is 0. The number of rotatable bonds is 2. The van der Waals surface area contributed by atoms with Crippen molar-refractivity contribution in [3.8, 4) is 0 Å². The third-order valence-electron chi connectivity index (χ3n) is 2.59. The van der Waals surface area contributed by atoms with Crippen LogP contribution in [-0.4, -0.2) is 37.2 Å². The van der Waals surface area contributed by atoms with Gasteiger partial charge in [-0.15, -0.1) is 0 Å². The van der Waals surface area contributed by atoms with E-state index in [4.69, 9.17) is 4.74 Å². The lowest BCUT2D eigenvalue weighted by Crippen LogP contribution is -2.37. The Bertz CT molecular complexity index is 327. The molecule has 14 heavy (non-hydrogen) atoms. The number of aldehydes is 1. The number of hydrogen-bond donors (Lipinski definition) is 0. The molecule has 2 rings (SSSR count). The third kappa shape index (κ3) is 1.53. The van der Waals surface area contributed by atoms with Gasteiger partial charge in [0.25, 0.3) is 0 Å². The first-order valence-corrected chi connectivity index (χ1v) is 4.76. The maximum Gasteiger partial charge on any atom is 0.166 e. The molecule has 1 fully saturated rings. The second kappa shape index (κ2) is 3.84. The van der Waals surface area contributed by atoms with Crippen LogP contribution in [0.3, 0.4) is 0 Å². The van der Waals surface area contributed by atoms with Crippen molar-refractivity contribution in [1.29, 1.82) is 0 Å². The summed E-state index contributed by atoms with van der Waals surface area (Å²) < 4.78 is 7.19. The van der Waals surface area contributed by atoms with E-state index in [0.717, 1.165) is 38.4 Å². The Morgan fingerprint density at radius 2 is 2.07 bits per heavy atom. The minimum absolute atomic E-state index is 0.714. The zero-order valence-corrected chi connectivity index (χ0v) is 8.27. The molecule has 76 valence electrons. The second-order valence-corrected chi connectivity index (χ2v) is 3.39. The molecule has 0 aliphatic carbocycles. The first-order valence-electron chi connectivity index (χ1n) is 4.76. The highest BCUT2D eigenvalue weighted by molar-refractivity contribution is 5.74. The Hall–Kier alpha value is -1.29. The van der Waals surface area contributed by atoms with Gasteiger partial charge < -0.3 is 14.2 Å². The maximum absolute atomic E-state index is 10.7. The van der Waals surface area contributed by atoms with E-state index in [-0.39, 0.29) is 0 Å². The standard InChI is InChI=1S/C10H14N2O2/c1-11-9(8-13)2-3-10(11)12-4-6-14-7-5-12/h2-3,8H,4-7H2,1H3. The van der Waals surface area contributed by atoms with Gasteiger partial charge in [-0.1, -0.05) is 0 Å². The fourth-order valence-corrected chi connectivity index (χ4v) is 1.74. The molecule has 0 aromatic carbocycles. The molecule has 1 aromatic rings. The van der Waals surface area contributed by atoms with Crippen molar-refractivity contribution in [2.24, 2.45) is 7.05 Å². The van der Waals surface area contributed by atoms with E-state index in [2.05, 4.69) is 4.90 Å². The van der Waals surface area contributed by atoms with Crippen LogP contribution in [0.4, 0.5) is 5.82 Å². The molecule has 1 aliphatic heterocycles. The van der Waals surface area contributed by atoms with E-state index >= 15 is 0 Å². The maximum atomic E-state index is 10.7. The molecular weight excluding hydrogens is 180 g/mol. The molecule has 0 unspecified atom stereocenters. The second-order valence-electron chi connectivity index (χ2n) is 3.39. The normalized spacial score (nSPS) is 17.1. The quantitative estimate of drug-likeness (QED) is 0.649. The highest BCUT2D eigenvalue weighted by Crippen LogP contribution is 2.17. The molecular formula is C10H14N2O2. The predicted octanol–water partition coefficient (Wildman–Crippen LogP) is 0.674. The molecule has 4 nitrogen and oxygen atoms in total. The van der Waals surface area contributed by atoms with Crippen LogP contribution >= 0.6 is 0 Å².